The molecule has 6 nitrogen and oxygen atoms in total. The maximum absolute atomic E-state index is 12.7. The van der Waals surface area contributed by atoms with Crippen LogP contribution >= 0.6 is 11.3 Å². The van der Waals surface area contributed by atoms with Crippen molar-refractivity contribution in [3.8, 4) is 11.8 Å². The van der Waals surface area contributed by atoms with Gasteiger partial charge in [-0.1, -0.05) is 12.0 Å². The van der Waals surface area contributed by atoms with Crippen molar-refractivity contribution in [2.75, 3.05) is 0 Å². The summed E-state index contributed by atoms with van der Waals surface area (Å²) in [5, 5.41) is 6.07. The fraction of sp³-hybridized carbons (Fsp3) is 0.222. The van der Waals surface area contributed by atoms with Crippen LogP contribution in [0.2, 0.25) is 0 Å². The van der Waals surface area contributed by atoms with E-state index < -0.39 is 0 Å². The maximum Gasteiger partial charge on any atom is 0.292 e. The van der Waals surface area contributed by atoms with E-state index in [1.165, 1.54) is 4.68 Å². The van der Waals surface area contributed by atoms with Crippen LogP contribution < -0.4 is 5.56 Å². The monoisotopic (exact) mass is 349 g/mol. The lowest BCUT2D eigenvalue weighted by molar-refractivity contribution is 0.668. The van der Waals surface area contributed by atoms with Crippen LogP contribution in [0.1, 0.15) is 17.6 Å². The fourth-order valence-corrected chi connectivity index (χ4v) is 3.95. The van der Waals surface area contributed by atoms with Gasteiger partial charge in [0.25, 0.3) is 5.56 Å². The average Bonchev–Trinajstić information content (AvgIpc) is 3.14. The van der Waals surface area contributed by atoms with E-state index in [1.807, 2.05) is 29.8 Å². The molecule has 124 valence electrons. The van der Waals surface area contributed by atoms with Gasteiger partial charge in [0.2, 0.25) is 0 Å². The first kappa shape index (κ1) is 15.5. The number of rotatable bonds is 3. The number of hydrogen-bond acceptors (Lipinski definition) is 5. The summed E-state index contributed by atoms with van der Waals surface area (Å²) in [4.78, 5) is 21.7. The minimum absolute atomic E-state index is 0.140. The zero-order chi connectivity index (χ0) is 17.4. The smallest absolute Gasteiger partial charge is 0.292 e. The van der Waals surface area contributed by atoms with Crippen LogP contribution in [0.15, 0.2) is 35.4 Å². The molecule has 0 radical (unpaired) electrons. The molecule has 0 aliphatic rings. The summed E-state index contributed by atoms with van der Waals surface area (Å²) in [6, 6.07) is 5.85. The molecular weight excluding hydrogens is 334 g/mol. The van der Waals surface area contributed by atoms with Gasteiger partial charge in [-0.2, -0.15) is 5.10 Å². The lowest BCUT2D eigenvalue weighted by Gasteiger charge is -2.01. The Morgan fingerprint density at radius 1 is 1.32 bits per heavy atom. The summed E-state index contributed by atoms with van der Waals surface area (Å²) in [7, 11) is 1.87. The Hall–Kier alpha value is -2.98. The summed E-state index contributed by atoms with van der Waals surface area (Å²) in [6.45, 7) is 2.04. The Kier molecular flexibility index (Phi) is 3.82. The Labute approximate surface area is 147 Å². The van der Waals surface area contributed by atoms with Gasteiger partial charge >= 0.3 is 0 Å². The highest BCUT2D eigenvalue weighted by atomic mass is 32.1. The third-order valence-corrected chi connectivity index (χ3v) is 5.11. The number of thiazole rings is 1. The molecule has 25 heavy (non-hydrogen) atoms. The van der Waals surface area contributed by atoms with Crippen LogP contribution in [0.3, 0.4) is 0 Å². The van der Waals surface area contributed by atoms with Crippen LogP contribution in [-0.2, 0) is 20.0 Å². The Balaban J connectivity index is 1.84. The third kappa shape index (κ3) is 2.61. The first-order valence-electron chi connectivity index (χ1n) is 7.82. The second-order valence-corrected chi connectivity index (χ2v) is 6.70. The van der Waals surface area contributed by atoms with Crippen molar-refractivity contribution in [3.63, 3.8) is 0 Å². The van der Waals surface area contributed by atoms with Crippen LogP contribution in [0.5, 0.6) is 0 Å². The fourth-order valence-electron chi connectivity index (χ4n) is 2.83. The number of fused-ring (bicyclic) bond motifs is 3. The van der Waals surface area contributed by atoms with Crippen molar-refractivity contribution in [2.45, 2.75) is 19.9 Å². The molecule has 4 rings (SSSR count). The van der Waals surface area contributed by atoms with Crippen molar-refractivity contribution in [1.82, 2.24) is 24.3 Å². The largest absolute Gasteiger partial charge is 0.323 e. The van der Waals surface area contributed by atoms with Gasteiger partial charge in [-0.25, -0.2) is 9.67 Å². The first-order chi connectivity index (χ1) is 12.2. The summed E-state index contributed by atoms with van der Waals surface area (Å²) >= 11 is 1.59. The molecule has 4 aromatic heterocycles. The molecule has 0 saturated heterocycles. The highest BCUT2D eigenvalue weighted by Gasteiger charge is 2.18. The molecule has 0 unspecified atom stereocenters. The maximum atomic E-state index is 12.7. The highest BCUT2D eigenvalue weighted by molar-refractivity contribution is 7.19. The topological polar surface area (TPSA) is 65.6 Å². The van der Waals surface area contributed by atoms with E-state index in [4.69, 9.17) is 4.98 Å². The molecule has 4 heterocycles. The Bertz CT molecular complexity index is 1190. The van der Waals surface area contributed by atoms with E-state index >= 15 is 0 Å². The van der Waals surface area contributed by atoms with Crippen molar-refractivity contribution in [3.05, 3.63) is 51.6 Å². The van der Waals surface area contributed by atoms with Gasteiger partial charge in [0.05, 0.1) is 10.9 Å². The van der Waals surface area contributed by atoms with E-state index in [1.54, 1.807) is 30.7 Å². The SMILES string of the molecule is CC#CCn1ncc2c3sc(Cc4ccccn4)nc3n(C)c2c1=O. The second kappa shape index (κ2) is 6.15. The van der Waals surface area contributed by atoms with E-state index in [9.17, 15) is 4.79 Å². The summed E-state index contributed by atoms with van der Waals surface area (Å²) < 4.78 is 4.22. The van der Waals surface area contributed by atoms with Crippen LogP contribution in [0.25, 0.3) is 21.3 Å². The molecule has 0 bridgehead atoms. The molecule has 0 spiro atoms. The molecule has 0 saturated carbocycles. The van der Waals surface area contributed by atoms with Crippen molar-refractivity contribution >= 4 is 32.6 Å². The molecule has 0 aliphatic heterocycles. The predicted octanol–water partition coefficient (Wildman–Crippen LogP) is 2.35. The molecule has 7 heteroatoms. The first-order valence-corrected chi connectivity index (χ1v) is 8.64. The van der Waals surface area contributed by atoms with Gasteiger partial charge in [0.15, 0.2) is 5.65 Å². The van der Waals surface area contributed by atoms with Gasteiger partial charge in [-0.05, 0) is 19.1 Å². The molecule has 0 N–H and O–H groups in total. The lowest BCUT2D eigenvalue weighted by atomic mass is 10.3. The van der Waals surface area contributed by atoms with Crippen LogP contribution in [-0.4, -0.2) is 24.3 Å². The van der Waals surface area contributed by atoms with Gasteiger partial charge in [-0.3, -0.25) is 9.78 Å². The van der Waals surface area contributed by atoms with Gasteiger partial charge < -0.3 is 4.57 Å². The zero-order valence-electron chi connectivity index (χ0n) is 13.9. The normalized spacial score (nSPS) is 11.0. The van der Waals surface area contributed by atoms with Crippen molar-refractivity contribution in [1.29, 1.82) is 0 Å². The lowest BCUT2D eigenvalue weighted by Crippen LogP contribution is -2.23. The number of aryl methyl sites for hydroxylation is 1. The number of hydrogen-bond donors (Lipinski definition) is 0. The standard InChI is InChI=1S/C18H15N5OS/c1-3-4-9-23-18(24)15-13(11-20-23)16-17(22(15)2)21-14(25-16)10-12-7-5-6-8-19-12/h5-8,11H,9-10H2,1-2H3. The van der Waals surface area contributed by atoms with Crippen LogP contribution in [0, 0.1) is 11.8 Å². The summed E-state index contributed by atoms with van der Waals surface area (Å²) in [5.74, 6) is 5.66. The average molecular weight is 349 g/mol. The van der Waals surface area contributed by atoms with Crippen molar-refractivity contribution < 1.29 is 0 Å². The van der Waals surface area contributed by atoms with E-state index in [0.29, 0.717) is 18.5 Å². The zero-order valence-corrected chi connectivity index (χ0v) is 14.7. The minimum Gasteiger partial charge on any atom is -0.323 e. The molecule has 0 fully saturated rings. The molecule has 0 atom stereocenters. The molecule has 4 aromatic rings. The van der Waals surface area contributed by atoms with Gasteiger partial charge in [0, 0.05) is 30.7 Å². The van der Waals surface area contributed by atoms with Gasteiger partial charge in [0.1, 0.15) is 17.1 Å². The minimum atomic E-state index is -0.140. The Morgan fingerprint density at radius 3 is 2.96 bits per heavy atom. The van der Waals surface area contributed by atoms with E-state index in [-0.39, 0.29) is 5.56 Å². The third-order valence-electron chi connectivity index (χ3n) is 4.03. The molecule has 0 aromatic carbocycles. The van der Waals surface area contributed by atoms with Crippen LogP contribution in [0.4, 0.5) is 0 Å². The second-order valence-electron chi connectivity index (χ2n) is 5.61. The summed E-state index contributed by atoms with van der Waals surface area (Å²) in [6.07, 6.45) is 4.20. The molecule has 0 aliphatic carbocycles. The number of nitrogens with zero attached hydrogens (tertiary/aromatic N) is 5. The number of aromatic nitrogens is 5. The van der Waals surface area contributed by atoms with Crippen molar-refractivity contribution in [2.24, 2.45) is 7.05 Å². The van der Waals surface area contributed by atoms with E-state index in [2.05, 4.69) is 21.9 Å². The van der Waals surface area contributed by atoms with Gasteiger partial charge in [-0.15, -0.1) is 17.3 Å². The van der Waals surface area contributed by atoms with E-state index in [0.717, 1.165) is 26.4 Å². The highest BCUT2D eigenvalue weighted by Crippen LogP contribution is 2.31. The Morgan fingerprint density at radius 2 is 2.20 bits per heavy atom. The number of pyridine rings is 1. The molecule has 0 amide bonds. The molecular formula is C18H15N5OS. The predicted molar refractivity (Wildman–Crippen MR) is 98.6 cm³/mol. The quantitative estimate of drug-likeness (QED) is 0.533. The summed E-state index contributed by atoms with van der Waals surface area (Å²) in [5.41, 5.74) is 2.26.